The maximum atomic E-state index is 14.3. The van der Waals surface area contributed by atoms with E-state index in [1.807, 2.05) is 11.9 Å². The minimum absolute atomic E-state index is 0.129. The Balaban J connectivity index is 2.34. The first-order valence-electron chi connectivity index (χ1n) is 6.07. The summed E-state index contributed by atoms with van der Waals surface area (Å²) in [6.07, 6.45) is 4.65. The summed E-state index contributed by atoms with van der Waals surface area (Å²) in [5.74, 6) is -0.465. The van der Waals surface area contributed by atoms with E-state index in [9.17, 15) is 4.39 Å². The molecule has 0 aliphatic heterocycles. The maximum Gasteiger partial charge on any atom is 0.161 e. The zero-order valence-electron chi connectivity index (χ0n) is 10.3. The van der Waals surface area contributed by atoms with E-state index in [1.165, 1.54) is 12.8 Å². The molecule has 1 aromatic rings. The standard InChI is InChI=1S/C13H17BrFN3/c1-18(8-4-2-3-5-8)10-7-6-9(13(16)17)11(14)12(10)15/h6-8H,2-5H2,1H3,(H3,16,17). The van der Waals surface area contributed by atoms with Gasteiger partial charge in [-0.2, -0.15) is 0 Å². The van der Waals surface area contributed by atoms with E-state index in [0.717, 1.165) is 12.8 Å². The van der Waals surface area contributed by atoms with Crippen molar-refractivity contribution in [1.82, 2.24) is 0 Å². The second-order valence-electron chi connectivity index (χ2n) is 4.72. The molecule has 1 aromatic carbocycles. The summed E-state index contributed by atoms with van der Waals surface area (Å²) in [7, 11) is 1.92. The molecule has 0 saturated heterocycles. The molecule has 1 fully saturated rings. The van der Waals surface area contributed by atoms with Crippen LogP contribution in [-0.2, 0) is 0 Å². The molecule has 0 unspecified atom stereocenters. The molecule has 1 aliphatic rings. The highest BCUT2D eigenvalue weighted by Crippen LogP contribution is 2.33. The lowest BCUT2D eigenvalue weighted by molar-refractivity contribution is 0.591. The van der Waals surface area contributed by atoms with Gasteiger partial charge in [-0.15, -0.1) is 0 Å². The van der Waals surface area contributed by atoms with Gasteiger partial charge in [-0.1, -0.05) is 12.8 Å². The summed E-state index contributed by atoms with van der Waals surface area (Å²) < 4.78 is 14.6. The molecule has 3 nitrogen and oxygen atoms in total. The lowest BCUT2D eigenvalue weighted by Gasteiger charge is -2.27. The molecule has 0 atom stereocenters. The summed E-state index contributed by atoms with van der Waals surface area (Å²) >= 11 is 3.19. The first-order valence-corrected chi connectivity index (χ1v) is 6.87. The highest BCUT2D eigenvalue weighted by Gasteiger charge is 2.23. The van der Waals surface area contributed by atoms with Gasteiger partial charge in [0.15, 0.2) is 5.82 Å². The summed E-state index contributed by atoms with van der Waals surface area (Å²) in [6.45, 7) is 0. The zero-order valence-corrected chi connectivity index (χ0v) is 11.9. The second kappa shape index (κ2) is 5.26. The number of halogens is 2. The fraction of sp³-hybridized carbons (Fsp3) is 0.462. The van der Waals surface area contributed by atoms with E-state index in [0.29, 0.717) is 17.3 Å². The van der Waals surface area contributed by atoms with Gasteiger partial charge < -0.3 is 10.6 Å². The highest BCUT2D eigenvalue weighted by atomic mass is 79.9. The molecule has 98 valence electrons. The number of anilines is 1. The Morgan fingerprint density at radius 3 is 2.61 bits per heavy atom. The Bertz CT molecular complexity index is 470. The van der Waals surface area contributed by atoms with E-state index in [1.54, 1.807) is 12.1 Å². The lowest BCUT2D eigenvalue weighted by Crippen LogP contribution is -2.29. The smallest absolute Gasteiger partial charge is 0.161 e. The van der Waals surface area contributed by atoms with Crippen LogP contribution in [0, 0.1) is 11.2 Å². The number of nitrogens with zero attached hydrogens (tertiary/aromatic N) is 1. The van der Waals surface area contributed by atoms with Crippen LogP contribution in [0.4, 0.5) is 10.1 Å². The maximum absolute atomic E-state index is 14.3. The summed E-state index contributed by atoms with van der Waals surface area (Å²) in [5, 5.41) is 7.39. The number of hydrogen-bond donors (Lipinski definition) is 2. The van der Waals surface area contributed by atoms with Gasteiger partial charge in [0.05, 0.1) is 10.2 Å². The third-order valence-corrected chi connectivity index (χ3v) is 4.38. The third-order valence-electron chi connectivity index (χ3n) is 3.60. The molecule has 0 radical (unpaired) electrons. The highest BCUT2D eigenvalue weighted by molar-refractivity contribution is 9.10. The van der Waals surface area contributed by atoms with Crippen LogP contribution >= 0.6 is 15.9 Å². The fourth-order valence-electron chi connectivity index (χ4n) is 2.51. The summed E-state index contributed by atoms with van der Waals surface area (Å²) in [5.41, 5.74) is 6.37. The van der Waals surface area contributed by atoms with Crippen LogP contribution in [0.2, 0.25) is 0 Å². The zero-order chi connectivity index (χ0) is 13.3. The Morgan fingerprint density at radius 2 is 2.06 bits per heavy atom. The minimum Gasteiger partial charge on any atom is -0.384 e. The van der Waals surface area contributed by atoms with Crippen LogP contribution in [0.3, 0.4) is 0 Å². The Hall–Kier alpha value is -1.10. The van der Waals surface area contributed by atoms with E-state index >= 15 is 0 Å². The molecule has 18 heavy (non-hydrogen) atoms. The van der Waals surface area contributed by atoms with Gasteiger partial charge in [0.1, 0.15) is 5.84 Å². The predicted molar refractivity (Wildman–Crippen MR) is 75.8 cm³/mol. The average Bonchev–Trinajstić information content (AvgIpc) is 2.85. The van der Waals surface area contributed by atoms with E-state index in [-0.39, 0.29) is 16.1 Å². The van der Waals surface area contributed by atoms with Gasteiger partial charge in [0.2, 0.25) is 0 Å². The molecule has 2 rings (SSSR count). The normalized spacial score (nSPS) is 15.9. The Morgan fingerprint density at radius 1 is 1.44 bits per heavy atom. The number of rotatable bonds is 3. The van der Waals surface area contributed by atoms with Crippen LogP contribution in [0.15, 0.2) is 16.6 Å². The SMILES string of the molecule is CN(c1ccc(C(=N)N)c(Br)c1F)C1CCCC1. The third kappa shape index (κ3) is 2.36. The van der Waals surface area contributed by atoms with Gasteiger partial charge in [-0.25, -0.2) is 4.39 Å². The molecule has 3 N–H and O–H groups in total. The van der Waals surface area contributed by atoms with Crippen molar-refractivity contribution < 1.29 is 4.39 Å². The molecule has 0 heterocycles. The van der Waals surface area contributed by atoms with Crippen molar-refractivity contribution in [2.45, 2.75) is 31.7 Å². The molecular weight excluding hydrogens is 297 g/mol. The quantitative estimate of drug-likeness (QED) is 0.665. The molecule has 0 amide bonds. The Kier molecular flexibility index (Phi) is 3.90. The monoisotopic (exact) mass is 313 g/mol. The van der Waals surface area contributed by atoms with Gasteiger partial charge in [-0.05, 0) is 40.9 Å². The number of benzene rings is 1. The summed E-state index contributed by atoms with van der Waals surface area (Å²) in [6, 6.07) is 3.81. The first kappa shape index (κ1) is 13.3. The number of nitrogens with one attached hydrogen (secondary N) is 1. The van der Waals surface area contributed by atoms with Gasteiger partial charge in [0.25, 0.3) is 0 Å². The van der Waals surface area contributed by atoms with Crippen LogP contribution in [0.1, 0.15) is 31.2 Å². The number of hydrogen-bond acceptors (Lipinski definition) is 2. The molecule has 1 saturated carbocycles. The van der Waals surface area contributed by atoms with Crippen molar-refractivity contribution in [3.63, 3.8) is 0 Å². The van der Waals surface area contributed by atoms with Crippen molar-refractivity contribution in [3.8, 4) is 0 Å². The van der Waals surface area contributed by atoms with Crippen molar-refractivity contribution in [3.05, 3.63) is 28.0 Å². The summed E-state index contributed by atoms with van der Waals surface area (Å²) in [4.78, 5) is 2.00. The van der Waals surface area contributed by atoms with Gasteiger partial charge in [0, 0.05) is 18.7 Å². The van der Waals surface area contributed by atoms with Crippen LogP contribution < -0.4 is 10.6 Å². The van der Waals surface area contributed by atoms with Crippen LogP contribution in [0.5, 0.6) is 0 Å². The minimum atomic E-state index is -0.336. The van der Waals surface area contributed by atoms with Crippen LogP contribution in [0.25, 0.3) is 0 Å². The molecule has 0 bridgehead atoms. The first-order chi connectivity index (χ1) is 8.52. The molecular formula is C13H17BrFN3. The predicted octanol–water partition coefficient (Wildman–Crippen LogP) is 3.25. The van der Waals surface area contributed by atoms with Crippen molar-refractivity contribution >= 4 is 27.5 Å². The topological polar surface area (TPSA) is 53.1 Å². The molecule has 0 spiro atoms. The average molecular weight is 314 g/mol. The number of nitrogen functional groups attached to an aromatic ring is 1. The van der Waals surface area contributed by atoms with Gasteiger partial charge in [-0.3, -0.25) is 5.41 Å². The lowest BCUT2D eigenvalue weighted by atomic mass is 10.1. The molecule has 1 aliphatic carbocycles. The van der Waals surface area contributed by atoms with Crippen molar-refractivity contribution in [2.24, 2.45) is 5.73 Å². The van der Waals surface area contributed by atoms with Crippen LogP contribution in [-0.4, -0.2) is 18.9 Å². The van der Waals surface area contributed by atoms with E-state index < -0.39 is 0 Å². The molecule has 5 heteroatoms. The van der Waals surface area contributed by atoms with Gasteiger partial charge >= 0.3 is 0 Å². The number of amidine groups is 1. The fourth-order valence-corrected chi connectivity index (χ4v) is 3.06. The number of nitrogens with two attached hydrogens (primary N) is 1. The largest absolute Gasteiger partial charge is 0.384 e. The molecule has 0 aromatic heterocycles. The van der Waals surface area contributed by atoms with Crippen molar-refractivity contribution in [1.29, 1.82) is 5.41 Å². The van der Waals surface area contributed by atoms with E-state index in [2.05, 4.69) is 15.9 Å². The van der Waals surface area contributed by atoms with Crippen molar-refractivity contribution in [2.75, 3.05) is 11.9 Å². The van der Waals surface area contributed by atoms with E-state index in [4.69, 9.17) is 11.1 Å². The second-order valence-corrected chi connectivity index (χ2v) is 5.52. The Labute approximate surface area is 115 Å².